The molecule has 0 unspecified atom stereocenters. The molecule has 4 heteroatoms. The molecule has 4 nitrogen and oxygen atoms in total. The Balaban J connectivity index is 2.04. The van der Waals surface area contributed by atoms with Crippen LogP contribution >= 0.6 is 0 Å². The van der Waals surface area contributed by atoms with Crippen LogP contribution in [-0.2, 0) is 18.3 Å². The molecule has 2 aromatic rings. The molecule has 19 heavy (non-hydrogen) atoms. The van der Waals surface area contributed by atoms with E-state index in [1.165, 1.54) is 22.2 Å². The summed E-state index contributed by atoms with van der Waals surface area (Å²) in [6, 6.07) is 8.39. The maximum absolute atomic E-state index is 10.4. The van der Waals surface area contributed by atoms with Gasteiger partial charge >= 0.3 is 5.97 Å². The third-order valence-corrected chi connectivity index (χ3v) is 3.60. The number of para-hydroxylation sites is 1. The number of carboxylic acid groups (broad SMARTS) is 1. The zero-order chi connectivity index (χ0) is 13.8. The highest BCUT2D eigenvalue weighted by Crippen LogP contribution is 2.24. The average Bonchev–Trinajstić information content (AvgIpc) is 2.63. The van der Waals surface area contributed by atoms with Crippen molar-refractivity contribution < 1.29 is 9.90 Å². The van der Waals surface area contributed by atoms with Gasteiger partial charge in [0.15, 0.2) is 0 Å². The molecule has 2 rings (SSSR count). The maximum atomic E-state index is 10.4. The summed E-state index contributed by atoms with van der Waals surface area (Å²) in [4.78, 5) is 10.4. The predicted octanol–water partition coefficient (Wildman–Crippen LogP) is 2.09. The van der Waals surface area contributed by atoms with Crippen molar-refractivity contribution in [2.45, 2.75) is 19.8 Å². The number of aromatic nitrogens is 1. The summed E-state index contributed by atoms with van der Waals surface area (Å²) in [5.74, 6) is -0.756. The lowest BCUT2D eigenvalue weighted by atomic mass is 10.1. The standard InChI is InChI=1S/C15H20N2O2/c1-11-12(7-9-16-10-8-15(18)19)13-5-3-4-6-14(13)17(11)2/h3-6,16H,7-10H2,1-2H3,(H,18,19). The lowest BCUT2D eigenvalue weighted by molar-refractivity contribution is -0.136. The highest BCUT2D eigenvalue weighted by molar-refractivity contribution is 5.85. The summed E-state index contributed by atoms with van der Waals surface area (Å²) >= 11 is 0. The van der Waals surface area contributed by atoms with Crippen molar-refractivity contribution in [1.82, 2.24) is 9.88 Å². The second kappa shape index (κ2) is 5.89. The molecule has 0 amide bonds. The minimum absolute atomic E-state index is 0.175. The number of carbonyl (C=O) groups is 1. The molecule has 2 N–H and O–H groups in total. The fraction of sp³-hybridized carbons (Fsp3) is 0.400. The molecule has 0 spiro atoms. The van der Waals surface area contributed by atoms with E-state index in [4.69, 9.17) is 5.11 Å². The van der Waals surface area contributed by atoms with Gasteiger partial charge in [0, 0.05) is 30.2 Å². The Labute approximate surface area is 113 Å². The molecule has 0 aliphatic heterocycles. The van der Waals surface area contributed by atoms with E-state index in [0.717, 1.165) is 13.0 Å². The molecule has 102 valence electrons. The number of carboxylic acids is 1. The molecule has 0 atom stereocenters. The van der Waals surface area contributed by atoms with Crippen molar-refractivity contribution in [2.24, 2.45) is 7.05 Å². The zero-order valence-electron chi connectivity index (χ0n) is 11.4. The highest BCUT2D eigenvalue weighted by atomic mass is 16.4. The molecular formula is C15H20N2O2. The van der Waals surface area contributed by atoms with Crippen LogP contribution in [-0.4, -0.2) is 28.7 Å². The summed E-state index contributed by atoms with van der Waals surface area (Å²) in [6.07, 6.45) is 1.10. The van der Waals surface area contributed by atoms with Gasteiger partial charge in [-0.25, -0.2) is 0 Å². The third kappa shape index (κ3) is 2.96. The summed E-state index contributed by atoms with van der Waals surface area (Å²) in [5, 5.41) is 13.0. The van der Waals surface area contributed by atoms with Crippen molar-refractivity contribution in [3.63, 3.8) is 0 Å². The average molecular weight is 260 g/mol. The molecule has 0 aliphatic carbocycles. The lowest BCUT2D eigenvalue weighted by Gasteiger charge is -2.04. The summed E-state index contributed by atoms with van der Waals surface area (Å²) < 4.78 is 2.21. The van der Waals surface area contributed by atoms with Crippen molar-refractivity contribution >= 4 is 16.9 Å². The summed E-state index contributed by atoms with van der Waals surface area (Å²) in [6.45, 7) is 3.47. The Kier molecular flexibility index (Phi) is 4.22. The molecule has 0 bridgehead atoms. The van der Waals surface area contributed by atoms with E-state index in [1.54, 1.807) is 0 Å². The van der Waals surface area contributed by atoms with E-state index in [-0.39, 0.29) is 6.42 Å². The van der Waals surface area contributed by atoms with Crippen LogP contribution in [0.4, 0.5) is 0 Å². The van der Waals surface area contributed by atoms with Crippen molar-refractivity contribution in [1.29, 1.82) is 0 Å². The van der Waals surface area contributed by atoms with Crippen molar-refractivity contribution in [3.05, 3.63) is 35.5 Å². The van der Waals surface area contributed by atoms with Gasteiger partial charge in [-0.1, -0.05) is 18.2 Å². The maximum Gasteiger partial charge on any atom is 0.304 e. The second-order valence-electron chi connectivity index (χ2n) is 4.78. The Morgan fingerprint density at radius 1 is 1.32 bits per heavy atom. The van der Waals surface area contributed by atoms with Gasteiger partial charge in [-0.3, -0.25) is 4.79 Å². The fourth-order valence-electron chi connectivity index (χ4n) is 2.45. The topological polar surface area (TPSA) is 54.3 Å². The SMILES string of the molecule is Cc1c(CCNCCC(=O)O)c2ccccc2n1C. The summed E-state index contributed by atoms with van der Waals surface area (Å²) in [5.41, 5.74) is 3.88. The first kappa shape index (κ1) is 13.6. The minimum atomic E-state index is -0.756. The number of nitrogens with one attached hydrogen (secondary N) is 1. The van der Waals surface area contributed by atoms with Gasteiger partial charge in [0.25, 0.3) is 0 Å². The van der Waals surface area contributed by atoms with E-state index in [1.807, 2.05) is 0 Å². The van der Waals surface area contributed by atoms with Gasteiger partial charge in [-0.15, -0.1) is 0 Å². The largest absolute Gasteiger partial charge is 0.481 e. The molecular weight excluding hydrogens is 240 g/mol. The van der Waals surface area contributed by atoms with Crippen LogP contribution in [0.5, 0.6) is 0 Å². The van der Waals surface area contributed by atoms with E-state index < -0.39 is 5.97 Å². The Morgan fingerprint density at radius 2 is 2.05 bits per heavy atom. The van der Waals surface area contributed by atoms with E-state index in [9.17, 15) is 4.79 Å². The number of hydrogen-bond acceptors (Lipinski definition) is 2. The van der Waals surface area contributed by atoms with Crippen molar-refractivity contribution in [3.8, 4) is 0 Å². The lowest BCUT2D eigenvalue weighted by Crippen LogP contribution is -2.20. The van der Waals surface area contributed by atoms with Gasteiger partial charge < -0.3 is 15.0 Å². The highest BCUT2D eigenvalue weighted by Gasteiger charge is 2.10. The number of fused-ring (bicyclic) bond motifs is 1. The normalized spacial score (nSPS) is 11.1. The van der Waals surface area contributed by atoms with Gasteiger partial charge in [-0.2, -0.15) is 0 Å². The van der Waals surface area contributed by atoms with Crippen LogP contribution < -0.4 is 5.32 Å². The van der Waals surface area contributed by atoms with E-state index in [0.29, 0.717) is 6.54 Å². The monoisotopic (exact) mass is 260 g/mol. The Hall–Kier alpha value is -1.81. The molecule has 1 heterocycles. The van der Waals surface area contributed by atoms with Gasteiger partial charge in [0.05, 0.1) is 6.42 Å². The predicted molar refractivity (Wildman–Crippen MR) is 76.5 cm³/mol. The second-order valence-corrected chi connectivity index (χ2v) is 4.78. The van der Waals surface area contributed by atoms with E-state index in [2.05, 4.69) is 48.1 Å². The number of nitrogens with zero attached hydrogens (tertiary/aromatic N) is 1. The zero-order valence-corrected chi connectivity index (χ0v) is 11.4. The molecule has 0 aliphatic rings. The van der Waals surface area contributed by atoms with Crippen LogP contribution in [0.15, 0.2) is 24.3 Å². The molecule has 0 radical (unpaired) electrons. The smallest absolute Gasteiger partial charge is 0.304 e. The molecule has 1 aromatic carbocycles. The van der Waals surface area contributed by atoms with E-state index >= 15 is 0 Å². The first-order valence-electron chi connectivity index (χ1n) is 6.56. The Bertz CT molecular complexity index is 587. The molecule has 1 aromatic heterocycles. The van der Waals surface area contributed by atoms with Gasteiger partial charge in [0.2, 0.25) is 0 Å². The van der Waals surface area contributed by atoms with Gasteiger partial charge in [-0.05, 0) is 31.5 Å². The fourth-order valence-corrected chi connectivity index (χ4v) is 2.45. The first-order chi connectivity index (χ1) is 9.11. The van der Waals surface area contributed by atoms with Crippen molar-refractivity contribution in [2.75, 3.05) is 13.1 Å². The first-order valence-corrected chi connectivity index (χ1v) is 6.56. The quantitative estimate of drug-likeness (QED) is 0.782. The van der Waals surface area contributed by atoms with Gasteiger partial charge in [0.1, 0.15) is 0 Å². The number of aryl methyl sites for hydroxylation is 1. The van der Waals surface area contributed by atoms with Crippen LogP contribution in [0.2, 0.25) is 0 Å². The number of hydrogen-bond donors (Lipinski definition) is 2. The van der Waals surface area contributed by atoms with Crippen LogP contribution in [0.1, 0.15) is 17.7 Å². The van der Waals surface area contributed by atoms with Crippen LogP contribution in [0.25, 0.3) is 10.9 Å². The van der Waals surface area contributed by atoms with Crippen LogP contribution in [0.3, 0.4) is 0 Å². The third-order valence-electron chi connectivity index (χ3n) is 3.60. The molecule has 0 fully saturated rings. The molecule has 0 saturated heterocycles. The minimum Gasteiger partial charge on any atom is -0.481 e. The Morgan fingerprint density at radius 3 is 2.79 bits per heavy atom. The van der Waals surface area contributed by atoms with Crippen LogP contribution in [0, 0.1) is 6.92 Å². The number of benzene rings is 1. The number of rotatable bonds is 6. The number of aliphatic carboxylic acids is 1. The summed E-state index contributed by atoms with van der Waals surface area (Å²) in [7, 11) is 2.08. The molecule has 0 saturated carbocycles.